The van der Waals surface area contributed by atoms with Gasteiger partial charge in [0.2, 0.25) is 0 Å². The number of hydrogen-bond donors (Lipinski definition) is 2. The average Bonchev–Trinajstić information content (AvgIpc) is 3.27. The molecule has 6 nitrogen and oxygen atoms in total. The molecule has 0 radical (unpaired) electrons. The van der Waals surface area contributed by atoms with Crippen LogP contribution < -0.4 is 10.6 Å². The van der Waals surface area contributed by atoms with E-state index in [2.05, 4.69) is 55.8 Å². The first-order chi connectivity index (χ1) is 13.8. The first kappa shape index (κ1) is 23.6. The maximum Gasteiger partial charge on any atom is 0.261 e. The Kier molecular flexibility index (Phi) is 10.4. The Labute approximate surface area is 194 Å². The molecule has 2 N–H and O–H groups in total. The number of nitrogens with one attached hydrogen (secondary N) is 2. The predicted octanol–water partition coefficient (Wildman–Crippen LogP) is 2.88. The fraction of sp³-hybridized carbons (Fsp3) is 0.429. The van der Waals surface area contributed by atoms with E-state index in [0.29, 0.717) is 6.54 Å². The van der Waals surface area contributed by atoms with E-state index in [4.69, 9.17) is 0 Å². The molecule has 2 heterocycles. The highest BCUT2D eigenvalue weighted by molar-refractivity contribution is 14.0. The lowest BCUT2D eigenvalue weighted by Gasteiger charge is -2.36. The molecule has 1 saturated heterocycles. The molecule has 1 fully saturated rings. The van der Waals surface area contributed by atoms with Gasteiger partial charge in [0.1, 0.15) is 0 Å². The average molecular weight is 527 g/mol. The number of halogens is 1. The van der Waals surface area contributed by atoms with Crippen molar-refractivity contribution in [2.45, 2.75) is 13.0 Å². The van der Waals surface area contributed by atoms with Crippen LogP contribution >= 0.6 is 35.3 Å². The van der Waals surface area contributed by atoms with Crippen LogP contribution in [0.2, 0.25) is 0 Å². The third-order valence-electron chi connectivity index (χ3n) is 4.80. The Morgan fingerprint density at radius 2 is 1.76 bits per heavy atom. The van der Waals surface area contributed by atoms with E-state index in [1.165, 1.54) is 16.9 Å². The van der Waals surface area contributed by atoms with Gasteiger partial charge < -0.3 is 15.5 Å². The van der Waals surface area contributed by atoms with Gasteiger partial charge in [-0.2, -0.15) is 0 Å². The van der Waals surface area contributed by atoms with Crippen LogP contribution in [0.25, 0.3) is 0 Å². The monoisotopic (exact) mass is 527 g/mol. The minimum absolute atomic E-state index is 0. The van der Waals surface area contributed by atoms with Crippen molar-refractivity contribution in [2.75, 3.05) is 46.3 Å². The number of piperazine rings is 1. The first-order valence-electron chi connectivity index (χ1n) is 9.80. The Morgan fingerprint density at radius 3 is 2.41 bits per heavy atom. The summed E-state index contributed by atoms with van der Waals surface area (Å²) in [5.74, 6) is 0.956. The molecule has 3 rings (SSSR count). The number of hydrogen-bond acceptors (Lipinski definition) is 4. The van der Waals surface area contributed by atoms with Crippen LogP contribution in [0.5, 0.6) is 0 Å². The van der Waals surface area contributed by atoms with Gasteiger partial charge in [0.25, 0.3) is 5.91 Å². The summed E-state index contributed by atoms with van der Waals surface area (Å²) in [6.45, 7) is 6.47. The van der Waals surface area contributed by atoms with Gasteiger partial charge in [-0.1, -0.05) is 36.4 Å². The molecule has 158 valence electrons. The number of thiophene rings is 1. The molecule has 0 aliphatic carbocycles. The summed E-state index contributed by atoms with van der Waals surface area (Å²) in [6.07, 6.45) is 0.865. The van der Waals surface area contributed by atoms with Crippen LogP contribution in [0.3, 0.4) is 0 Å². The van der Waals surface area contributed by atoms with E-state index in [9.17, 15) is 4.79 Å². The van der Waals surface area contributed by atoms with E-state index in [-0.39, 0.29) is 29.9 Å². The van der Waals surface area contributed by atoms with E-state index in [1.807, 2.05) is 24.6 Å². The number of nitrogens with zero attached hydrogens (tertiary/aromatic N) is 3. The predicted molar refractivity (Wildman–Crippen MR) is 131 cm³/mol. The normalized spacial score (nSPS) is 14.9. The van der Waals surface area contributed by atoms with E-state index in [1.54, 1.807) is 0 Å². The Morgan fingerprint density at radius 1 is 1.03 bits per heavy atom. The van der Waals surface area contributed by atoms with Crippen molar-refractivity contribution in [2.24, 2.45) is 4.99 Å². The molecule has 0 bridgehead atoms. The summed E-state index contributed by atoms with van der Waals surface area (Å²) in [4.78, 5) is 21.9. The second-order valence-electron chi connectivity index (χ2n) is 6.81. The van der Waals surface area contributed by atoms with E-state index in [0.717, 1.165) is 56.5 Å². The molecule has 0 unspecified atom stereocenters. The van der Waals surface area contributed by atoms with Gasteiger partial charge in [0.15, 0.2) is 5.96 Å². The van der Waals surface area contributed by atoms with Crippen molar-refractivity contribution in [3.05, 3.63) is 58.3 Å². The highest BCUT2D eigenvalue weighted by atomic mass is 127. The van der Waals surface area contributed by atoms with Gasteiger partial charge in [0, 0.05) is 52.9 Å². The van der Waals surface area contributed by atoms with Crippen molar-refractivity contribution in [3.63, 3.8) is 0 Å². The summed E-state index contributed by atoms with van der Waals surface area (Å²) in [5.41, 5.74) is 1.36. The molecule has 29 heavy (non-hydrogen) atoms. The smallest absolute Gasteiger partial charge is 0.261 e. The summed E-state index contributed by atoms with van der Waals surface area (Å²) in [5, 5.41) is 8.29. The number of rotatable bonds is 7. The van der Waals surface area contributed by atoms with Crippen LogP contribution in [-0.2, 0) is 6.54 Å². The number of benzene rings is 1. The number of amides is 1. The largest absolute Gasteiger partial charge is 0.356 e. The summed E-state index contributed by atoms with van der Waals surface area (Å²) in [6, 6.07) is 14.4. The Bertz CT molecular complexity index is 746. The van der Waals surface area contributed by atoms with Crippen LogP contribution in [0, 0.1) is 0 Å². The van der Waals surface area contributed by atoms with E-state index < -0.39 is 0 Å². The molecule has 1 aromatic carbocycles. The number of aliphatic imine (C=N–C) groups is 1. The lowest BCUT2D eigenvalue weighted by molar-refractivity contribution is 0.0957. The second kappa shape index (κ2) is 12.8. The van der Waals surface area contributed by atoms with Crippen molar-refractivity contribution in [1.82, 2.24) is 20.4 Å². The Hall–Kier alpha value is -1.65. The van der Waals surface area contributed by atoms with E-state index >= 15 is 0 Å². The molecule has 0 atom stereocenters. The lowest BCUT2D eigenvalue weighted by atomic mass is 10.2. The van der Waals surface area contributed by atoms with Gasteiger partial charge in [0.05, 0.1) is 4.88 Å². The zero-order chi connectivity index (χ0) is 19.6. The molecule has 1 aliphatic heterocycles. The molecule has 0 spiro atoms. The maximum atomic E-state index is 11.9. The Balaban J connectivity index is 0.00000300. The van der Waals surface area contributed by atoms with Gasteiger partial charge in [-0.3, -0.25) is 14.7 Å². The fourth-order valence-corrected chi connectivity index (χ4v) is 3.92. The highest BCUT2D eigenvalue weighted by Crippen LogP contribution is 2.09. The highest BCUT2D eigenvalue weighted by Gasteiger charge is 2.19. The molecule has 1 aliphatic rings. The van der Waals surface area contributed by atoms with Crippen LogP contribution in [-0.4, -0.2) is 68.0 Å². The zero-order valence-electron chi connectivity index (χ0n) is 16.8. The fourth-order valence-electron chi connectivity index (χ4n) is 3.28. The minimum atomic E-state index is 0. The maximum absolute atomic E-state index is 11.9. The summed E-state index contributed by atoms with van der Waals surface area (Å²) < 4.78 is 0. The number of carbonyl (C=O) groups is 1. The van der Waals surface area contributed by atoms with Gasteiger partial charge in [-0.25, -0.2) is 0 Å². The standard InChI is InChI=1S/C21H29N5OS.HI/c1-22-21(24-11-6-10-23-20(27)19-9-5-16-28-19)26-14-12-25(13-15-26)17-18-7-3-2-4-8-18;/h2-5,7-9,16H,6,10-15,17H2,1H3,(H,22,24)(H,23,27);1H. The molecule has 2 aromatic rings. The lowest BCUT2D eigenvalue weighted by Crippen LogP contribution is -2.52. The molecular formula is C21H30IN5OS. The zero-order valence-corrected chi connectivity index (χ0v) is 20.0. The van der Waals surface area contributed by atoms with Crippen molar-refractivity contribution >= 4 is 47.2 Å². The summed E-state index contributed by atoms with van der Waals surface area (Å²) >= 11 is 1.47. The van der Waals surface area contributed by atoms with Crippen LogP contribution in [0.15, 0.2) is 52.8 Å². The number of carbonyl (C=O) groups excluding carboxylic acids is 1. The summed E-state index contributed by atoms with van der Waals surface area (Å²) in [7, 11) is 1.83. The van der Waals surface area contributed by atoms with Gasteiger partial charge >= 0.3 is 0 Å². The quantitative estimate of drug-likeness (QED) is 0.252. The molecule has 1 aromatic heterocycles. The topological polar surface area (TPSA) is 60.0 Å². The second-order valence-corrected chi connectivity index (χ2v) is 7.76. The molecule has 0 saturated carbocycles. The van der Waals surface area contributed by atoms with Crippen molar-refractivity contribution < 1.29 is 4.79 Å². The van der Waals surface area contributed by atoms with Crippen LogP contribution in [0.4, 0.5) is 0 Å². The minimum Gasteiger partial charge on any atom is -0.356 e. The molecular weight excluding hydrogens is 497 g/mol. The number of guanidine groups is 1. The third kappa shape index (κ3) is 7.60. The van der Waals surface area contributed by atoms with Gasteiger partial charge in [-0.05, 0) is 23.4 Å². The SMILES string of the molecule is CN=C(NCCCNC(=O)c1cccs1)N1CCN(Cc2ccccc2)CC1.I. The molecule has 1 amide bonds. The first-order valence-corrected chi connectivity index (χ1v) is 10.7. The third-order valence-corrected chi connectivity index (χ3v) is 5.67. The molecule has 8 heteroatoms. The van der Waals surface area contributed by atoms with Crippen LogP contribution in [0.1, 0.15) is 21.7 Å². The van der Waals surface area contributed by atoms with Crippen molar-refractivity contribution in [3.8, 4) is 0 Å². The van der Waals surface area contributed by atoms with Gasteiger partial charge in [-0.15, -0.1) is 35.3 Å². The van der Waals surface area contributed by atoms with Crippen molar-refractivity contribution in [1.29, 1.82) is 0 Å².